The first-order valence-corrected chi connectivity index (χ1v) is 11.2. The molecule has 3 aromatic carbocycles. The van der Waals surface area contributed by atoms with E-state index in [4.69, 9.17) is 17.0 Å². The maximum absolute atomic E-state index is 13.0. The SMILES string of the molecule is COc1ccc(NC(=S)N(Cc2ccccc2)Cc2cc3c(C)ccc(C)c3[nH]c2=O)cc1. The van der Waals surface area contributed by atoms with Crippen LogP contribution in [0.4, 0.5) is 5.69 Å². The van der Waals surface area contributed by atoms with Crippen molar-refractivity contribution in [2.75, 3.05) is 12.4 Å². The molecule has 168 valence electrons. The molecule has 2 N–H and O–H groups in total. The number of H-pyrrole nitrogens is 1. The van der Waals surface area contributed by atoms with Crippen molar-refractivity contribution < 1.29 is 4.74 Å². The molecule has 0 aliphatic rings. The molecule has 0 bridgehead atoms. The van der Waals surface area contributed by atoms with Crippen LogP contribution >= 0.6 is 12.2 Å². The number of aryl methyl sites for hydroxylation is 2. The van der Waals surface area contributed by atoms with Gasteiger partial charge in [0, 0.05) is 23.2 Å². The van der Waals surface area contributed by atoms with Gasteiger partial charge in [-0.2, -0.15) is 0 Å². The monoisotopic (exact) mass is 457 g/mol. The first-order valence-electron chi connectivity index (χ1n) is 10.8. The molecule has 5 nitrogen and oxygen atoms in total. The topological polar surface area (TPSA) is 57.4 Å². The minimum atomic E-state index is -0.0958. The van der Waals surface area contributed by atoms with Crippen LogP contribution in [-0.2, 0) is 13.1 Å². The quantitative estimate of drug-likeness (QED) is 0.372. The van der Waals surface area contributed by atoms with Crippen molar-refractivity contribution in [3.8, 4) is 5.75 Å². The minimum Gasteiger partial charge on any atom is -0.497 e. The number of methoxy groups -OCH3 is 1. The molecule has 0 spiro atoms. The Morgan fingerprint density at radius 3 is 2.36 bits per heavy atom. The van der Waals surface area contributed by atoms with Crippen LogP contribution in [0, 0.1) is 13.8 Å². The summed E-state index contributed by atoms with van der Waals surface area (Å²) in [5, 5.41) is 4.90. The van der Waals surface area contributed by atoms with Crippen molar-refractivity contribution in [2.45, 2.75) is 26.9 Å². The number of hydrogen-bond acceptors (Lipinski definition) is 3. The van der Waals surface area contributed by atoms with Gasteiger partial charge in [-0.25, -0.2) is 0 Å². The summed E-state index contributed by atoms with van der Waals surface area (Å²) in [7, 11) is 1.64. The van der Waals surface area contributed by atoms with Gasteiger partial charge in [0.15, 0.2) is 5.11 Å². The molecule has 0 saturated heterocycles. The molecule has 0 atom stereocenters. The highest BCUT2D eigenvalue weighted by molar-refractivity contribution is 7.80. The van der Waals surface area contributed by atoms with Gasteiger partial charge in [-0.15, -0.1) is 0 Å². The van der Waals surface area contributed by atoms with E-state index in [0.29, 0.717) is 23.8 Å². The molecular formula is C27H27N3O2S. The molecule has 0 aliphatic heterocycles. The fourth-order valence-electron chi connectivity index (χ4n) is 3.82. The number of aromatic nitrogens is 1. The number of aromatic amines is 1. The van der Waals surface area contributed by atoms with Crippen molar-refractivity contribution >= 4 is 33.9 Å². The highest BCUT2D eigenvalue weighted by Crippen LogP contribution is 2.21. The zero-order valence-electron chi connectivity index (χ0n) is 19.0. The summed E-state index contributed by atoms with van der Waals surface area (Å²) in [6.07, 6.45) is 0. The van der Waals surface area contributed by atoms with E-state index in [-0.39, 0.29) is 5.56 Å². The lowest BCUT2D eigenvalue weighted by Crippen LogP contribution is -2.35. The molecule has 4 rings (SSSR count). The van der Waals surface area contributed by atoms with Crippen molar-refractivity contribution in [3.63, 3.8) is 0 Å². The van der Waals surface area contributed by atoms with E-state index in [1.54, 1.807) is 7.11 Å². The minimum absolute atomic E-state index is 0.0958. The molecule has 4 aromatic rings. The molecule has 33 heavy (non-hydrogen) atoms. The van der Waals surface area contributed by atoms with Crippen LogP contribution in [0.3, 0.4) is 0 Å². The number of hydrogen-bond donors (Lipinski definition) is 2. The van der Waals surface area contributed by atoms with Crippen LogP contribution in [0.2, 0.25) is 0 Å². The average molecular weight is 458 g/mol. The van der Waals surface area contributed by atoms with E-state index < -0.39 is 0 Å². The Kier molecular flexibility index (Phi) is 6.75. The van der Waals surface area contributed by atoms with Crippen LogP contribution in [-0.4, -0.2) is 22.1 Å². The molecule has 1 heterocycles. The highest BCUT2D eigenvalue weighted by Gasteiger charge is 2.15. The van der Waals surface area contributed by atoms with Crippen LogP contribution in [0.15, 0.2) is 77.6 Å². The Balaban J connectivity index is 1.66. The number of fused-ring (bicyclic) bond motifs is 1. The summed E-state index contributed by atoms with van der Waals surface area (Å²) in [4.78, 5) is 18.1. The number of pyridine rings is 1. The van der Waals surface area contributed by atoms with Gasteiger partial charge in [0.2, 0.25) is 0 Å². The van der Waals surface area contributed by atoms with Crippen LogP contribution < -0.4 is 15.6 Å². The van der Waals surface area contributed by atoms with Gasteiger partial charge < -0.3 is 19.9 Å². The van der Waals surface area contributed by atoms with Gasteiger partial charge in [0.1, 0.15) is 5.75 Å². The maximum atomic E-state index is 13.0. The number of ether oxygens (including phenoxy) is 1. The van der Waals surface area contributed by atoms with E-state index in [0.717, 1.165) is 39.0 Å². The Hall–Kier alpha value is -3.64. The lowest BCUT2D eigenvalue weighted by Gasteiger charge is -2.26. The van der Waals surface area contributed by atoms with Gasteiger partial charge in [-0.3, -0.25) is 4.79 Å². The second-order valence-electron chi connectivity index (χ2n) is 8.11. The number of benzene rings is 3. The third kappa shape index (κ3) is 5.23. The maximum Gasteiger partial charge on any atom is 0.253 e. The summed E-state index contributed by atoms with van der Waals surface area (Å²) < 4.78 is 5.24. The summed E-state index contributed by atoms with van der Waals surface area (Å²) in [5.74, 6) is 0.779. The summed E-state index contributed by atoms with van der Waals surface area (Å²) in [6.45, 7) is 5.02. The molecule has 0 fully saturated rings. The second-order valence-corrected chi connectivity index (χ2v) is 8.50. The van der Waals surface area contributed by atoms with E-state index in [9.17, 15) is 4.79 Å². The first-order chi connectivity index (χ1) is 15.9. The normalized spacial score (nSPS) is 10.8. The van der Waals surface area contributed by atoms with E-state index in [2.05, 4.69) is 35.4 Å². The number of thiocarbonyl (C=S) groups is 1. The summed E-state index contributed by atoms with van der Waals surface area (Å²) in [6, 6.07) is 23.8. The highest BCUT2D eigenvalue weighted by atomic mass is 32.1. The lowest BCUT2D eigenvalue weighted by molar-refractivity contribution is 0.411. The van der Waals surface area contributed by atoms with Crippen LogP contribution in [0.1, 0.15) is 22.3 Å². The molecule has 0 radical (unpaired) electrons. The lowest BCUT2D eigenvalue weighted by atomic mass is 10.0. The fourth-order valence-corrected chi connectivity index (χ4v) is 4.07. The average Bonchev–Trinajstić information content (AvgIpc) is 2.83. The Morgan fingerprint density at radius 1 is 0.970 bits per heavy atom. The fraction of sp³-hybridized carbons (Fsp3) is 0.185. The molecule has 0 saturated carbocycles. The number of anilines is 1. The third-order valence-electron chi connectivity index (χ3n) is 5.73. The largest absolute Gasteiger partial charge is 0.497 e. The second kappa shape index (κ2) is 9.88. The molecular weight excluding hydrogens is 430 g/mol. The Morgan fingerprint density at radius 2 is 1.67 bits per heavy atom. The zero-order chi connectivity index (χ0) is 23.4. The van der Waals surface area contributed by atoms with E-state index in [1.165, 1.54) is 0 Å². The Bertz CT molecular complexity index is 1330. The van der Waals surface area contributed by atoms with Crippen molar-refractivity contribution in [2.24, 2.45) is 0 Å². The third-order valence-corrected chi connectivity index (χ3v) is 6.09. The van der Waals surface area contributed by atoms with Crippen LogP contribution in [0.5, 0.6) is 5.75 Å². The molecule has 1 aromatic heterocycles. The van der Waals surface area contributed by atoms with Crippen molar-refractivity contribution in [1.29, 1.82) is 0 Å². The van der Waals surface area contributed by atoms with Gasteiger partial charge in [-0.1, -0.05) is 42.5 Å². The van der Waals surface area contributed by atoms with E-state index >= 15 is 0 Å². The standard InChI is InChI=1S/C27H27N3O2S/c1-18-9-10-19(2)25-24(18)15-21(26(31)29-25)17-30(16-20-7-5-4-6-8-20)27(33)28-22-11-13-23(32-3)14-12-22/h4-15H,16-17H2,1-3H3,(H,28,33)(H,29,31). The smallest absolute Gasteiger partial charge is 0.253 e. The molecule has 0 aliphatic carbocycles. The van der Waals surface area contributed by atoms with Gasteiger partial charge in [0.25, 0.3) is 5.56 Å². The molecule has 6 heteroatoms. The predicted molar refractivity (Wildman–Crippen MR) is 139 cm³/mol. The van der Waals surface area contributed by atoms with Gasteiger partial charge in [0.05, 0.1) is 19.2 Å². The summed E-state index contributed by atoms with van der Waals surface area (Å²) >= 11 is 5.77. The van der Waals surface area contributed by atoms with Crippen molar-refractivity contribution in [1.82, 2.24) is 9.88 Å². The number of nitrogens with zero attached hydrogens (tertiary/aromatic N) is 1. The number of nitrogens with one attached hydrogen (secondary N) is 2. The predicted octanol–water partition coefficient (Wildman–Crippen LogP) is 5.55. The van der Waals surface area contributed by atoms with Crippen LogP contribution in [0.25, 0.3) is 10.9 Å². The zero-order valence-corrected chi connectivity index (χ0v) is 19.8. The first kappa shape index (κ1) is 22.6. The Labute approximate surface area is 199 Å². The van der Waals surface area contributed by atoms with Gasteiger partial charge >= 0.3 is 0 Å². The summed E-state index contributed by atoms with van der Waals surface area (Å²) in [5.41, 5.74) is 5.61. The van der Waals surface area contributed by atoms with Crippen molar-refractivity contribution in [3.05, 3.63) is 105 Å². The number of rotatable bonds is 6. The molecule has 0 amide bonds. The molecule has 0 unspecified atom stereocenters. The van der Waals surface area contributed by atoms with E-state index in [1.807, 2.05) is 66.4 Å². The van der Waals surface area contributed by atoms with Gasteiger partial charge in [-0.05, 0) is 73.1 Å².